The Balaban J connectivity index is 1.29. The summed E-state index contributed by atoms with van der Waals surface area (Å²) in [5.41, 5.74) is 2.78. The van der Waals surface area contributed by atoms with E-state index in [9.17, 15) is 24.0 Å². The highest BCUT2D eigenvalue weighted by Crippen LogP contribution is 2.28. The number of fused-ring (bicyclic) bond motifs is 1. The third-order valence-corrected chi connectivity index (χ3v) is 6.56. The number of amides is 6. The van der Waals surface area contributed by atoms with Crippen LogP contribution in [0.3, 0.4) is 0 Å². The van der Waals surface area contributed by atoms with E-state index in [2.05, 4.69) is 21.3 Å². The van der Waals surface area contributed by atoms with Gasteiger partial charge in [-0.25, -0.2) is 9.59 Å². The van der Waals surface area contributed by atoms with E-state index in [1.165, 1.54) is 4.90 Å². The molecule has 4 rings (SSSR count). The Morgan fingerprint density at radius 3 is 2.58 bits per heavy atom. The summed E-state index contributed by atoms with van der Waals surface area (Å²) in [4.78, 5) is 62.4. The number of benzene rings is 2. The van der Waals surface area contributed by atoms with E-state index in [0.717, 1.165) is 16.7 Å². The van der Waals surface area contributed by atoms with E-state index in [-0.39, 0.29) is 31.3 Å². The van der Waals surface area contributed by atoms with E-state index < -0.39 is 29.7 Å². The summed E-state index contributed by atoms with van der Waals surface area (Å²) in [6, 6.07) is 9.29. The molecular formula is C28H32ClN5O6. The second-order valence-corrected chi connectivity index (χ2v) is 11.2. The number of imide groups is 1. The molecule has 0 aromatic heterocycles. The van der Waals surface area contributed by atoms with Gasteiger partial charge in [-0.3, -0.25) is 19.7 Å². The standard InChI is InChI=1S/C28H32ClN5O6/c1-28(2,3)40-27(39)30-9-8-16-11-19(29)13-20(12-16)32-26(38)31-14-17-4-5-21-18(10-17)15-34(25(21)37)22-6-7-23(35)33-24(22)36/h4-5,10-13,22H,6-9,14-15H2,1-3H3,(H,30,39)(H2,31,32,38)(H,33,35,36). The largest absolute Gasteiger partial charge is 0.444 e. The lowest BCUT2D eigenvalue weighted by Crippen LogP contribution is -2.52. The predicted molar refractivity (Wildman–Crippen MR) is 148 cm³/mol. The summed E-state index contributed by atoms with van der Waals surface area (Å²) in [6.45, 7) is 6.16. The van der Waals surface area contributed by atoms with E-state index in [0.29, 0.717) is 35.7 Å². The quantitative estimate of drug-likeness (QED) is 0.375. The number of alkyl carbamates (subject to hydrolysis) is 1. The van der Waals surface area contributed by atoms with Gasteiger partial charge in [-0.2, -0.15) is 0 Å². The highest BCUT2D eigenvalue weighted by atomic mass is 35.5. The Morgan fingerprint density at radius 2 is 1.85 bits per heavy atom. The normalized spacial score (nSPS) is 16.8. The van der Waals surface area contributed by atoms with Gasteiger partial charge in [-0.05, 0) is 74.6 Å². The maximum Gasteiger partial charge on any atom is 0.407 e. The molecule has 212 valence electrons. The number of hydrogen-bond acceptors (Lipinski definition) is 6. The van der Waals surface area contributed by atoms with Gasteiger partial charge < -0.3 is 25.6 Å². The van der Waals surface area contributed by atoms with Crippen LogP contribution in [0.1, 0.15) is 60.7 Å². The molecule has 6 amide bonds. The smallest absolute Gasteiger partial charge is 0.407 e. The number of nitrogens with zero attached hydrogens (tertiary/aromatic N) is 1. The van der Waals surface area contributed by atoms with Gasteiger partial charge in [0.1, 0.15) is 11.6 Å². The van der Waals surface area contributed by atoms with Gasteiger partial charge in [-0.1, -0.05) is 23.7 Å². The van der Waals surface area contributed by atoms with Gasteiger partial charge in [0.05, 0.1) is 0 Å². The zero-order chi connectivity index (χ0) is 29.0. The van der Waals surface area contributed by atoms with Crippen LogP contribution in [-0.2, 0) is 33.8 Å². The zero-order valence-electron chi connectivity index (χ0n) is 22.6. The van der Waals surface area contributed by atoms with E-state index in [1.807, 2.05) is 6.07 Å². The summed E-state index contributed by atoms with van der Waals surface area (Å²) in [7, 11) is 0. The number of rotatable bonds is 7. The minimum atomic E-state index is -0.680. The Hall–Kier alpha value is -4.12. The first kappa shape index (κ1) is 28.9. The molecule has 0 saturated carbocycles. The van der Waals surface area contributed by atoms with Crippen molar-refractivity contribution >= 4 is 47.1 Å². The molecule has 11 nitrogen and oxygen atoms in total. The van der Waals surface area contributed by atoms with Crippen LogP contribution in [0.2, 0.25) is 5.02 Å². The fraction of sp³-hybridized carbons (Fsp3) is 0.393. The molecule has 12 heteroatoms. The molecule has 2 aromatic carbocycles. The first-order valence-corrected chi connectivity index (χ1v) is 13.3. The lowest BCUT2D eigenvalue weighted by molar-refractivity contribution is -0.136. The third-order valence-electron chi connectivity index (χ3n) is 6.34. The molecule has 1 unspecified atom stereocenters. The molecule has 2 aliphatic heterocycles. The van der Waals surface area contributed by atoms with Crippen LogP contribution in [0.4, 0.5) is 15.3 Å². The second-order valence-electron chi connectivity index (χ2n) is 10.7. The van der Waals surface area contributed by atoms with Gasteiger partial charge in [0.15, 0.2) is 0 Å². The first-order valence-electron chi connectivity index (χ1n) is 13.0. The molecule has 0 radical (unpaired) electrons. The van der Waals surface area contributed by atoms with Crippen molar-refractivity contribution in [3.8, 4) is 0 Å². The number of carbonyl (C=O) groups excluding carboxylic acids is 5. The molecule has 2 aliphatic rings. The fourth-order valence-corrected chi connectivity index (χ4v) is 4.84. The van der Waals surface area contributed by atoms with Crippen LogP contribution in [0.5, 0.6) is 0 Å². The molecule has 1 atom stereocenters. The number of urea groups is 1. The Labute approximate surface area is 236 Å². The number of nitrogens with one attached hydrogen (secondary N) is 4. The van der Waals surface area contributed by atoms with Gasteiger partial charge in [0, 0.05) is 42.3 Å². The minimum absolute atomic E-state index is 0.192. The van der Waals surface area contributed by atoms with E-state index in [1.54, 1.807) is 51.1 Å². The molecule has 1 saturated heterocycles. The number of piperidine rings is 1. The van der Waals surface area contributed by atoms with Crippen molar-refractivity contribution in [3.63, 3.8) is 0 Å². The van der Waals surface area contributed by atoms with Crippen molar-refractivity contribution in [2.24, 2.45) is 0 Å². The van der Waals surface area contributed by atoms with Crippen molar-refractivity contribution < 1.29 is 28.7 Å². The maximum atomic E-state index is 12.9. The van der Waals surface area contributed by atoms with Crippen molar-refractivity contribution in [2.45, 2.75) is 64.8 Å². The molecular weight excluding hydrogens is 538 g/mol. The number of anilines is 1. The molecule has 0 spiro atoms. The van der Waals surface area contributed by atoms with Gasteiger partial charge in [0.25, 0.3) is 5.91 Å². The number of hydrogen-bond donors (Lipinski definition) is 4. The number of ether oxygens (including phenoxy) is 1. The van der Waals surface area contributed by atoms with Gasteiger partial charge in [0.2, 0.25) is 11.8 Å². The van der Waals surface area contributed by atoms with Crippen molar-refractivity contribution in [1.29, 1.82) is 0 Å². The SMILES string of the molecule is CC(C)(C)OC(=O)NCCc1cc(Cl)cc(NC(=O)NCc2ccc3c(c2)CN(C2CCC(=O)NC2=O)C3=O)c1. The zero-order valence-corrected chi connectivity index (χ0v) is 23.3. The van der Waals surface area contributed by atoms with Crippen LogP contribution >= 0.6 is 11.6 Å². The van der Waals surface area contributed by atoms with Crippen LogP contribution in [0, 0.1) is 0 Å². The first-order chi connectivity index (χ1) is 18.9. The lowest BCUT2D eigenvalue weighted by atomic mass is 10.0. The van der Waals surface area contributed by atoms with E-state index >= 15 is 0 Å². The van der Waals surface area contributed by atoms with Crippen LogP contribution < -0.4 is 21.3 Å². The summed E-state index contributed by atoms with van der Waals surface area (Å²) >= 11 is 6.23. The highest BCUT2D eigenvalue weighted by Gasteiger charge is 2.39. The number of carbonyl (C=O) groups is 5. The number of halogens is 1. The summed E-state index contributed by atoms with van der Waals surface area (Å²) in [6.07, 6.45) is 0.467. The average Bonchev–Trinajstić information content (AvgIpc) is 3.16. The minimum Gasteiger partial charge on any atom is -0.444 e. The molecule has 4 N–H and O–H groups in total. The summed E-state index contributed by atoms with van der Waals surface area (Å²) in [5, 5.41) is 11.0. The summed E-state index contributed by atoms with van der Waals surface area (Å²) in [5.74, 6) is -1.04. The fourth-order valence-electron chi connectivity index (χ4n) is 4.59. The molecule has 0 aliphatic carbocycles. The van der Waals surface area contributed by atoms with Gasteiger partial charge >= 0.3 is 12.1 Å². The Kier molecular flexibility index (Phi) is 8.63. The predicted octanol–water partition coefficient (Wildman–Crippen LogP) is 3.49. The molecule has 2 heterocycles. The maximum absolute atomic E-state index is 12.9. The highest BCUT2D eigenvalue weighted by molar-refractivity contribution is 6.31. The molecule has 1 fully saturated rings. The molecule has 2 aromatic rings. The molecule has 40 heavy (non-hydrogen) atoms. The molecule has 0 bridgehead atoms. The van der Waals surface area contributed by atoms with E-state index in [4.69, 9.17) is 16.3 Å². The Morgan fingerprint density at radius 1 is 1.07 bits per heavy atom. The third kappa shape index (κ3) is 7.50. The summed E-state index contributed by atoms with van der Waals surface area (Å²) < 4.78 is 5.22. The van der Waals surface area contributed by atoms with Crippen molar-refractivity contribution in [3.05, 3.63) is 63.7 Å². The van der Waals surface area contributed by atoms with Crippen LogP contribution in [-0.4, -0.2) is 52.9 Å². The van der Waals surface area contributed by atoms with Gasteiger partial charge in [-0.15, -0.1) is 0 Å². The van der Waals surface area contributed by atoms with Crippen LogP contribution in [0.25, 0.3) is 0 Å². The topological polar surface area (TPSA) is 146 Å². The Bertz CT molecular complexity index is 1360. The van der Waals surface area contributed by atoms with Crippen molar-refractivity contribution in [1.82, 2.24) is 20.9 Å². The average molecular weight is 570 g/mol. The second kappa shape index (κ2) is 12.0. The lowest BCUT2D eigenvalue weighted by Gasteiger charge is -2.29. The van der Waals surface area contributed by atoms with Crippen molar-refractivity contribution in [2.75, 3.05) is 11.9 Å². The van der Waals surface area contributed by atoms with Crippen LogP contribution in [0.15, 0.2) is 36.4 Å². The monoisotopic (exact) mass is 569 g/mol.